The Hall–Kier alpha value is -1.19. The standard InChI is InChI=1S/C6H9N3O/c1-4-5(2)9(10)6(3)8-7-4/h1-3H3. The number of hydrogen-bond acceptors (Lipinski definition) is 3. The molecular weight excluding hydrogens is 130 g/mol. The molecule has 0 atom stereocenters. The zero-order valence-electron chi connectivity index (χ0n) is 6.25. The van der Waals surface area contributed by atoms with Gasteiger partial charge in [-0.05, 0) is 12.0 Å². The number of nitrogens with zero attached hydrogens (tertiary/aromatic N) is 3. The lowest BCUT2D eigenvalue weighted by atomic mass is 10.4. The van der Waals surface area contributed by atoms with Crippen LogP contribution in [-0.4, -0.2) is 10.2 Å². The van der Waals surface area contributed by atoms with Crippen molar-refractivity contribution < 1.29 is 4.73 Å². The van der Waals surface area contributed by atoms with Crippen molar-refractivity contribution in [2.24, 2.45) is 0 Å². The van der Waals surface area contributed by atoms with Crippen LogP contribution in [0.3, 0.4) is 0 Å². The van der Waals surface area contributed by atoms with E-state index in [1.165, 1.54) is 0 Å². The van der Waals surface area contributed by atoms with Crippen molar-refractivity contribution in [3.8, 4) is 0 Å². The Bertz CT molecular complexity index is 232. The number of aryl methyl sites for hydroxylation is 2. The van der Waals surface area contributed by atoms with E-state index in [1.807, 2.05) is 0 Å². The average molecular weight is 139 g/mol. The van der Waals surface area contributed by atoms with Gasteiger partial charge >= 0.3 is 5.82 Å². The molecule has 4 heteroatoms. The summed E-state index contributed by atoms with van der Waals surface area (Å²) >= 11 is 0. The molecule has 0 fully saturated rings. The van der Waals surface area contributed by atoms with Gasteiger partial charge in [-0.3, -0.25) is 0 Å². The Morgan fingerprint density at radius 3 is 2.30 bits per heavy atom. The first-order valence-electron chi connectivity index (χ1n) is 3.03. The third-order valence-electron chi connectivity index (χ3n) is 1.47. The average Bonchev–Trinajstić information content (AvgIpc) is 1.93. The summed E-state index contributed by atoms with van der Waals surface area (Å²) in [5, 5.41) is 18.4. The van der Waals surface area contributed by atoms with Gasteiger partial charge in [0.15, 0.2) is 0 Å². The highest BCUT2D eigenvalue weighted by molar-refractivity contribution is 4.98. The molecule has 4 nitrogen and oxygen atoms in total. The number of hydrogen-bond donors (Lipinski definition) is 0. The van der Waals surface area contributed by atoms with Crippen LogP contribution in [0.25, 0.3) is 0 Å². The van der Waals surface area contributed by atoms with E-state index in [9.17, 15) is 5.21 Å². The maximum Gasteiger partial charge on any atom is 0.326 e. The highest BCUT2D eigenvalue weighted by Crippen LogP contribution is 1.93. The van der Waals surface area contributed by atoms with Crippen molar-refractivity contribution in [1.29, 1.82) is 0 Å². The van der Waals surface area contributed by atoms with Crippen molar-refractivity contribution in [3.05, 3.63) is 22.4 Å². The van der Waals surface area contributed by atoms with Gasteiger partial charge in [-0.1, -0.05) is 0 Å². The summed E-state index contributed by atoms with van der Waals surface area (Å²) in [5.41, 5.74) is 1.30. The van der Waals surface area contributed by atoms with Gasteiger partial charge in [0.1, 0.15) is 11.4 Å². The van der Waals surface area contributed by atoms with E-state index in [0.29, 0.717) is 17.2 Å². The lowest BCUT2D eigenvalue weighted by molar-refractivity contribution is -0.624. The van der Waals surface area contributed by atoms with Crippen LogP contribution in [0.15, 0.2) is 0 Å². The topological polar surface area (TPSA) is 52.7 Å². The normalized spacial score (nSPS) is 9.90. The second kappa shape index (κ2) is 2.21. The number of rotatable bonds is 0. The zero-order chi connectivity index (χ0) is 7.72. The Morgan fingerprint density at radius 2 is 1.80 bits per heavy atom. The molecule has 54 valence electrons. The summed E-state index contributed by atoms with van der Waals surface area (Å²) in [6.45, 7) is 5.12. The molecule has 0 spiro atoms. The van der Waals surface area contributed by atoms with Crippen LogP contribution < -0.4 is 4.73 Å². The van der Waals surface area contributed by atoms with Crippen LogP contribution in [-0.2, 0) is 0 Å². The predicted molar refractivity (Wildman–Crippen MR) is 35.2 cm³/mol. The Morgan fingerprint density at radius 1 is 1.20 bits per heavy atom. The minimum Gasteiger partial charge on any atom is -0.710 e. The smallest absolute Gasteiger partial charge is 0.326 e. The van der Waals surface area contributed by atoms with Crippen LogP contribution in [0.5, 0.6) is 0 Å². The monoisotopic (exact) mass is 139 g/mol. The van der Waals surface area contributed by atoms with Gasteiger partial charge in [-0.25, -0.2) is 4.73 Å². The summed E-state index contributed by atoms with van der Waals surface area (Å²) in [5.74, 6) is 0.392. The second-order valence-corrected chi connectivity index (χ2v) is 2.21. The van der Waals surface area contributed by atoms with Crippen LogP contribution in [0, 0.1) is 26.0 Å². The highest BCUT2D eigenvalue weighted by atomic mass is 16.5. The van der Waals surface area contributed by atoms with Crippen molar-refractivity contribution >= 4 is 0 Å². The summed E-state index contributed by atoms with van der Waals surface area (Å²) < 4.78 is 0.780. The van der Waals surface area contributed by atoms with Gasteiger partial charge in [-0.2, -0.15) is 0 Å². The fourth-order valence-corrected chi connectivity index (χ4v) is 0.650. The molecule has 0 aliphatic carbocycles. The van der Waals surface area contributed by atoms with E-state index < -0.39 is 0 Å². The van der Waals surface area contributed by atoms with Crippen LogP contribution in [0.4, 0.5) is 0 Å². The van der Waals surface area contributed by atoms with Gasteiger partial charge < -0.3 is 5.21 Å². The molecule has 0 saturated heterocycles. The highest BCUT2D eigenvalue weighted by Gasteiger charge is 2.06. The Balaban J connectivity index is 3.34. The van der Waals surface area contributed by atoms with E-state index >= 15 is 0 Å². The minimum atomic E-state index is 0.392. The van der Waals surface area contributed by atoms with Crippen LogP contribution in [0.2, 0.25) is 0 Å². The molecule has 1 rings (SSSR count). The third-order valence-corrected chi connectivity index (χ3v) is 1.47. The number of aromatic nitrogens is 3. The van der Waals surface area contributed by atoms with Crippen molar-refractivity contribution in [2.45, 2.75) is 20.8 Å². The van der Waals surface area contributed by atoms with Crippen molar-refractivity contribution in [1.82, 2.24) is 10.2 Å². The van der Waals surface area contributed by atoms with Gasteiger partial charge in [-0.15, -0.1) is 0 Å². The Labute approximate surface area is 59.1 Å². The van der Waals surface area contributed by atoms with E-state index in [2.05, 4.69) is 10.2 Å². The molecular formula is C6H9N3O. The SMILES string of the molecule is Cc1nnc(C)[n+]([O-])c1C. The molecule has 0 aromatic carbocycles. The largest absolute Gasteiger partial charge is 0.710 e. The summed E-state index contributed by atoms with van der Waals surface area (Å²) in [6, 6.07) is 0. The molecule has 0 radical (unpaired) electrons. The van der Waals surface area contributed by atoms with E-state index in [1.54, 1.807) is 20.8 Å². The molecule has 1 aromatic rings. The van der Waals surface area contributed by atoms with Gasteiger partial charge in [0.2, 0.25) is 0 Å². The molecule has 0 unspecified atom stereocenters. The molecule has 0 N–H and O–H groups in total. The molecule has 1 aromatic heterocycles. The van der Waals surface area contributed by atoms with Gasteiger partial charge in [0.05, 0.1) is 5.10 Å². The lowest BCUT2D eigenvalue weighted by Gasteiger charge is -2.05. The molecule has 0 aliphatic rings. The first kappa shape index (κ1) is 6.92. The first-order valence-corrected chi connectivity index (χ1v) is 3.03. The quantitative estimate of drug-likeness (QED) is 0.376. The van der Waals surface area contributed by atoms with Gasteiger partial charge in [0, 0.05) is 13.8 Å². The second-order valence-electron chi connectivity index (χ2n) is 2.21. The van der Waals surface area contributed by atoms with E-state index in [0.717, 1.165) is 4.73 Å². The summed E-state index contributed by atoms with van der Waals surface area (Å²) in [6.07, 6.45) is 0. The van der Waals surface area contributed by atoms with Crippen LogP contribution >= 0.6 is 0 Å². The van der Waals surface area contributed by atoms with Crippen molar-refractivity contribution in [2.75, 3.05) is 0 Å². The Kier molecular flexibility index (Phi) is 1.53. The lowest BCUT2D eigenvalue weighted by Crippen LogP contribution is -2.36. The first-order chi connectivity index (χ1) is 4.63. The fourth-order valence-electron chi connectivity index (χ4n) is 0.650. The van der Waals surface area contributed by atoms with Crippen molar-refractivity contribution in [3.63, 3.8) is 0 Å². The fraction of sp³-hybridized carbons (Fsp3) is 0.500. The van der Waals surface area contributed by atoms with Gasteiger partial charge in [0.25, 0.3) is 0 Å². The summed E-state index contributed by atoms with van der Waals surface area (Å²) in [4.78, 5) is 0. The maximum absolute atomic E-state index is 11.0. The molecule has 0 saturated carbocycles. The zero-order valence-corrected chi connectivity index (χ0v) is 6.25. The summed E-state index contributed by atoms with van der Waals surface area (Å²) in [7, 11) is 0. The minimum absolute atomic E-state index is 0.392. The predicted octanol–water partition coefficient (Wildman–Crippen LogP) is 0.0353. The molecule has 0 amide bonds. The maximum atomic E-state index is 11.0. The molecule has 0 bridgehead atoms. The van der Waals surface area contributed by atoms with E-state index in [4.69, 9.17) is 0 Å². The molecule has 0 aliphatic heterocycles. The molecule has 10 heavy (non-hydrogen) atoms. The third kappa shape index (κ3) is 0.920. The van der Waals surface area contributed by atoms with Crippen LogP contribution in [0.1, 0.15) is 17.2 Å². The molecule has 1 heterocycles. The van der Waals surface area contributed by atoms with E-state index in [-0.39, 0.29) is 0 Å².